The number of unbranched alkanes of at least 4 members (excludes halogenated alkanes) is 2. The van der Waals surface area contributed by atoms with E-state index >= 15 is 0 Å². The molecule has 1 saturated carbocycles. The first-order valence-corrected chi connectivity index (χ1v) is 11.4. The van der Waals surface area contributed by atoms with E-state index in [-0.39, 0.29) is 0 Å². The number of carbonyl (C=O) groups is 2. The van der Waals surface area contributed by atoms with Gasteiger partial charge < -0.3 is 9.47 Å². The van der Waals surface area contributed by atoms with Gasteiger partial charge in [0.1, 0.15) is 0 Å². The zero-order valence-corrected chi connectivity index (χ0v) is 18.8. The van der Waals surface area contributed by atoms with Crippen molar-refractivity contribution in [2.75, 3.05) is 14.2 Å². The molecule has 0 radical (unpaired) electrons. The van der Waals surface area contributed by atoms with Crippen molar-refractivity contribution >= 4 is 11.9 Å². The van der Waals surface area contributed by atoms with Crippen molar-refractivity contribution in [2.45, 2.75) is 90.9 Å². The van der Waals surface area contributed by atoms with Crippen molar-refractivity contribution in [1.29, 1.82) is 0 Å². The molecule has 1 aromatic rings. The maximum atomic E-state index is 12.9. The largest absolute Gasteiger partial charge is 0.465 e. The van der Waals surface area contributed by atoms with Crippen LogP contribution in [0.1, 0.15) is 109 Å². The molecular weight excluding hydrogens is 364 g/mol. The molecule has 0 aliphatic heterocycles. The first-order valence-electron chi connectivity index (χ1n) is 11.4. The molecule has 0 amide bonds. The van der Waals surface area contributed by atoms with Crippen LogP contribution in [0.15, 0.2) is 6.07 Å². The Morgan fingerprint density at radius 1 is 0.862 bits per heavy atom. The van der Waals surface area contributed by atoms with Crippen molar-refractivity contribution in [2.24, 2.45) is 5.92 Å². The molecule has 0 heterocycles. The van der Waals surface area contributed by atoms with E-state index in [0.29, 0.717) is 17.0 Å². The Morgan fingerprint density at radius 3 is 2.03 bits per heavy atom. The number of rotatable bonds is 10. The van der Waals surface area contributed by atoms with Crippen LogP contribution in [0.3, 0.4) is 0 Å². The highest BCUT2D eigenvalue weighted by Crippen LogP contribution is 2.33. The third kappa shape index (κ3) is 6.07. The van der Waals surface area contributed by atoms with E-state index < -0.39 is 11.9 Å². The summed E-state index contributed by atoms with van der Waals surface area (Å²) in [6.07, 6.45) is 13.0. The summed E-state index contributed by atoms with van der Waals surface area (Å²) in [6, 6.07) is 2.20. The van der Waals surface area contributed by atoms with Crippen LogP contribution in [-0.2, 0) is 28.7 Å². The van der Waals surface area contributed by atoms with E-state index in [0.717, 1.165) is 56.1 Å². The molecule has 0 unspecified atom stereocenters. The first-order chi connectivity index (χ1) is 14.1. The molecule has 162 valence electrons. The topological polar surface area (TPSA) is 52.6 Å². The minimum atomic E-state index is -0.432. The lowest BCUT2D eigenvalue weighted by Gasteiger charge is -2.25. The van der Waals surface area contributed by atoms with Crippen LogP contribution >= 0.6 is 0 Å². The fourth-order valence-corrected chi connectivity index (χ4v) is 4.59. The molecule has 1 aliphatic rings. The van der Waals surface area contributed by atoms with Crippen LogP contribution in [0.4, 0.5) is 0 Å². The zero-order valence-electron chi connectivity index (χ0n) is 18.8. The van der Waals surface area contributed by atoms with E-state index in [1.165, 1.54) is 51.9 Å². The van der Waals surface area contributed by atoms with Crippen LogP contribution in [-0.4, -0.2) is 26.2 Å². The summed E-state index contributed by atoms with van der Waals surface area (Å²) >= 11 is 0. The summed E-state index contributed by atoms with van der Waals surface area (Å²) < 4.78 is 10.2. The molecule has 1 fully saturated rings. The standard InChI is InChI=1S/C25H38O4/c1-5-7-14-19-17-20(16-18-12-10-9-11-13-18)21(15-8-6-2)23(25(27)29-4)22(19)24(26)28-3/h17-18H,5-16H2,1-4H3. The number of ether oxygens (including phenoxy) is 2. The highest BCUT2D eigenvalue weighted by Gasteiger charge is 2.29. The van der Waals surface area contributed by atoms with Gasteiger partial charge >= 0.3 is 11.9 Å². The maximum absolute atomic E-state index is 12.9. The van der Waals surface area contributed by atoms with Crippen LogP contribution in [0.5, 0.6) is 0 Å². The average molecular weight is 403 g/mol. The van der Waals surface area contributed by atoms with Crippen molar-refractivity contribution in [1.82, 2.24) is 0 Å². The Bertz CT molecular complexity index is 687. The molecular formula is C25H38O4. The minimum absolute atomic E-state index is 0.417. The Balaban J connectivity index is 2.64. The third-order valence-corrected chi connectivity index (χ3v) is 6.20. The van der Waals surface area contributed by atoms with Crippen molar-refractivity contribution in [3.05, 3.63) is 33.9 Å². The van der Waals surface area contributed by atoms with Crippen molar-refractivity contribution in [3.8, 4) is 0 Å². The number of hydrogen-bond acceptors (Lipinski definition) is 4. The van der Waals surface area contributed by atoms with E-state index in [1.807, 2.05) is 0 Å². The maximum Gasteiger partial charge on any atom is 0.339 e. The highest BCUT2D eigenvalue weighted by molar-refractivity contribution is 6.05. The molecule has 0 atom stereocenters. The van der Waals surface area contributed by atoms with Gasteiger partial charge in [0, 0.05) is 0 Å². The van der Waals surface area contributed by atoms with E-state index in [2.05, 4.69) is 19.9 Å². The van der Waals surface area contributed by atoms with Gasteiger partial charge in [0.15, 0.2) is 0 Å². The molecule has 29 heavy (non-hydrogen) atoms. The Kier molecular flexibility index (Phi) is 9.69. The normalized spacial score (nSPS) is 14.6. The first kappa shape index (κ1) is 23.4. The summed E-state index contributed by atoms with van der Waals surface area (Å²) in [6.45, 7) is 4.28. The SMILES string of the molecule is CCCCc1cc(CC2CCCCC2)c(CCCC)c(C(=O)OC)c1C(=O)OC. The molecule has 4 nitrogen and oxygen atoms in total. The Labute approximate surface area is 176 Å². The number of aryl methyl sites for hydroxylation is 1. The molecule has 1 aromatic carbocycles. The molecule has 0 bridgehead atoms. The van der Waals surface area contributed by atoms with Crippen LogP contribution < -0.4 is 0 Å². The predicted molar refractivity (Wildman–Crippen MR) is 117 cm³/mol. The predicted octanol–water partition coefficient (Wildman–Crippen LogP) is 6.07. The molecule has 0 N–H and O–H groups in total. The fraction of sp³-hybridized carbons (Fsp3) is 0.680. The van der Waals surface area contributed by atoms with E-state index in [4.69, 9.17) is 9.47 Å². The van der Waals surface area contributed by atoms with E-state index in [1.54, 1.807) is 0 Å². The lowest BCUT2D eigenvalue weighted by Crippen LogP contribution is -2.21. The summed E-state index contributed by atoms with van der Waals surface area (Å²) in [5, 5.41) is 0. The second kappa shape index (κ2) is 12.0. The van der Waals surface area contributed by atoms with Crippen molar-refractivity contribution < 1.29 is 19.1 Å². The van der Waals surface area contributed by atoms with Gasteiger partial charge in [0.05, 0.1) is 25.3 Å². The Morgan fingerprint density at radius 2 is 1.45 bits per heavy atom. The quantitative estimate of drug-likeness (QED) is 0.446. The van der Waals surface area contributed by atoms with Crippen molar-refractivity contribution in [3.63, 3.8) is 0 Å². The molecule has 4 heteroatoms. The van der Waals surface area contributed by atoms with Gasteiger partial charge in [-0.05, 0) is 54.7 Å². The van der Waals surface area contributed by atoms with Gasteiger partial charge in [0.25, 0.3) is 0 Å². The van der Waals surface area contributed by atoms with Gasteiger partial charge in [-0.1, -0.05) is 64.9 Å². The van der Waals surface area contributed by atoms with Gasteiger partial charge in [-0.3, -0.25) is 0 Å². The van der Waals surface area contributed by atoms with E-state index in [9.17, 15) is 9.59 Å². The highest BCUT2D eigenvalue weighted by atomic mass is 16.5. The Hall–Kier alpha value is -1.84. The summed E-state index contributed by atoms with van der Waals surface area (Å²) in [4.78, 5) is 25.6. The van der Waals surface area contributed by atoms with Gasteiger partial charge in [-0.15, -0.1) is 0 Å². The number of methoxy groups -OCH3 is 2. The van der Waals surface area contributed by atoms with Gasteiger partial charge in [0.2, 0.25) is 0 Å². The lowest BCUT2D eigenvalue weighted by molar-refractivity contribution is 0.0552. The van der Waals surface area contributed by atoms with Crippen LogP contribution in [0.2, 0.25) is 0 Å². The van der Waals surface area contributed by atoms with Gasteiger partial charge in [-0.2, -0.15) is 0 Å². The molecule has 0 spiro atoms. The summed E-state index contributed by atoms with van der Waals surface area (Å²) in [5.74, 6) is -0.184. The monoisotopic (exact) mass is 402 g/mol. The number of benzene rings is 1. The number of carbonyl (C=O) groups excluding carboxylic acids is 2. The molecule has 0 saturated heterocycles. The second-order valence-corrected chi connectivity index (χ2v) is 8.32. The molecule has 0 aromatic heterocycles. The minimum Gasteiger partial charge on any atom is -0.465 e. The molecule has 1 aliphatic carbocycles. The third-order valence-electron chi connectivity index (χ3n) is 6.20. The number of esters is 2. The average Bonchev–Trinajstić information content (AvgIpc) is 2.75. The summed E-state index contributed by atoms with van der Waals surface area (Å²) in [5.41, 5.74) is 4.05. The smallest absolute Gasteiger partial charge is 0.339 e. The fourth-order valence-electron chi connectivity index (χ4n) is 4.59. The molecule has 2 rings (SSSR count). The lowest BCUT2D eigenvalue weighted by atomic mass is 9.80. The number of hydrogen-bond donors (Lipinski definition) is 0. The van der Waals surface area contributed by atoms with Crippen LogP contribution in [0, 0.1) is 5.92 Å². The second-order valence-electron chi connectivity index (χ2n) is 8.32. The summed E-state index contributed by atoms with van der Waals surface area (Å²) in [7, 11) is 2.78. The zero-order chi connectivity index (χ0) is 21.2. The van der Waals surface area contributed by atoms with Crippen LogP contribution in [0.25, 0.3) is 0 Å². The van der Waals surface area contributed by atoms with Gasteiger partial charge in [-0.25, -0.2) is 9.59 Å².